The normalized spacial score (nSPS) is 12.3. The Kier molecular flexibility index (Phi) is 4.88. The van der Waals surface area contributed by atoms with Gasteiger partial charge in [0.05, 0.1) is 5.75 Å². The Labute approximate surface area is 140 Å². The summed E-state index contributed by atoms with van der Waals surface area (Å²) in [5.41, 5.74) is 0.756. The van der Waals surface area contributed by atoms with Crippen molar-refractivity contribution in [2.45, 2.75) is 18.1 Å². The second-order valence-corrected chi connectivity index (χ2v) is 6.65. The molecule has 0 amide bonds. The number of halogens is 1. The summed E-state index contributed by atoms with van der Waals surface area (Å²) in [6.07, 6.45) is 1.07. The van der Waals surface area contributed by atoms with Crippen LogP contribution in [-0.4, -0.2) is 21.7 Å². The first kappa shape index (κ1) is 15.9. The van der Waals surface area contributed by atoms with Gasteiger partial charge in [0.2, 0.25) is 0 Å². The summed E-state index contributed by atoms with van der Waals surface area (Å²) in [5.74, 6) is -0.492. The van der Waals surface area contributed by atoms with E-state index in [0.717, 1.165) is 20.8 Å². The van der Waals surface area contributed by atoms with Crippen LogP contribution in [0.3, 0.4) is 0 Å². The Morgan fingerprint density at radius 2 is 2.09 bits per heavy atom. The summed E-state index contributed by atoms with van der Waals surface area (Å²) >= 11 is 2.86. The first-order valence-electron chi connectivity index (χ1n) is 6.89. The van der Waals surface area contributed by atoms with Gasteiger partial charge in [-0.3, -0.25) is 4.79 Å². The van der Waals surface area contributed by atoms with E-state index in [1.54, 1.807) is 19.1 Å². The molecule has 3 aromatic rings. The van der Waals surface area contributed by atoms with Gasteiger partial charge in [-0.05, 0) is 36.1 Å². The number of aromatic nitrogens is 2. The van der Waals surface area contributed by atoms with E-state index in [0.29, 0.717) is 0 Å². The average Bonchev–Trinajstić information content (AvgIpc) is 3.02. The molecule has 0 aliphatic carbocycles. The third kappa shape index (κ3) is 3.86. The molecule has 0 saturated heterocycles. The third-order valence-corrected chi connectivity index (χ3v) is 5.00. The van der Waals surface area contributed by atoms with Crippen molar-refractivity contribution in [3.05, 3.63) is 53.4 Å². The highest BCUT2D eigenvalue weighted by Gasteiger charge is 2.14. The maximum absolute atomic E-state index is 12.9. The van der Waals surface area contributed by atoms with Crippen molar-refractivity contribution in [3.63, 3.8) is 0 Å². The van der Waals surface area contributed by atoms with E-state index >= 15 is 0 Å². The summed E-state index contributed by atoms with van der Waals surface area (Å²) in [5, 5.41) is 3.66. The predicted molar refractivity (Wildman–Crippen MR) is 89.0 cm³/mol. The number of esters is 1. The summed E-state index contributed by atoms with van der Waals surface area (Å²) in [4.78, 5) is 21.3. The molecule has 1 atom stereocenters. The molecule has 1 aromatic carbocycles. The van der Waals surface area contributed by atoms with Crippen LogP contribution in [0.15, 0.2) is 47.1 Å². The smallest absolute Gasteiger partial charge is 0.316 e. The Bertz CT molecular complexity index is 820. The van der Waals surface area contributed by atoms with E-state index in [1.165, 1.54) is 41.6 Å². The zero-order chi connectivity index (χ0) is 16.2. The topological polar surface area (TPSA) is 52.1 Å². The van der Waals surface area contributed by atoms with Crippen molar-refractivity contribution in [2.24, 2.45) is 0 Å². The number of hydrogen-bond acceptors (Lipinski definition) is 6. The summed E-state index contributed by atoms with van der Waals surface area (Å²) in [6.45, 7) is 1.76. The van der Waals surface area contributed by atoms with Crippen LogP contribution in [0.4, 0.5) is 4.39 Å². The van der Waals surface area contributed by atoms with E-state index in [2.05, 4.69) is 9.97 Å². The van der Waals surface area contributed by atoms with Gasteiger partial charge in [-0.2, -0.15) is 0 Å². The zero-order valence-electron chi connectivity index (χ0n) is 12.2. The number of fused-ring (bicyclic) bond motifs is 1. The van der Waals surface area contributed by atoms with Gasteiger partial charge in [-0.25, -0.2) is 14.4 Å². The molecule has 0 bridgehead atoms. The number of benzene rings is 1. The van der Waals surface area contributed by atoms with Crippen molar-refractivity contribution in [3.8, 4) is 0 Å². The summed E-state index contributed by atoms with van der Waals surface area (Å²) in [6, 6.07) is 7.86. The molecule has 0 aliphatic heterocycles. The van der Waals surface area contributed by atoms with Crippen LogP contribution in [0.1, 0.15) is 18.6 Å². The molecule has 0 aliphatic rings. The first-order valence-corrected chi connectivity index (χ1v) is 8.76. The number of thiophene rings is 1. The zero-order valence-corrected chi connectivity index (χ0v) is 13.9. The molecule has 0 spiro atoms. The number of ether oxygens (including phenoxy) is 1. The van der Waals surface area contributed by atoms with Crippen LogP contribution in [-0.2, 0) is 9.53 Å². The molecule has 7 heteroatoms. The lowest BCUT2D eigenvalue weighted by Gasteiger charge is -2.13. The second kappa shape index (κ2) is 7.06. The minimum atomic E-state index is -0.421. The molecule has 2 aromatic heterocycles. The van der Waals surface area contributed by atoms with Crippen LogP contribution >= 0.6 is 23.1 Å². The average molecular weight is 348 g/mol. The Balaban J connectivity index is 1.59. The fourth-order valence-corrected chi connectivity index (χ4v) is 3.60. The molecule has 23 heavy (non-hydrogen) atoms. The summed E-state index contributed by atoms with van der Waals surface area (Å²) in [7, 11) is 0. The van der Waals surface area contributed by atoms with Gasteiger partial charge in [0.15, 0.2) is 0 Å². The molecular weight excluding hydrogens is 335 g/mol. The van der Waals surface area contributed by atoms with E-state index in [-0.39, 0.29) is 17.5 Å². The quantitative estimate of drug-likeness (QED) is 0.392. The number of hydrogen-bond donors (Lipinski definition) is 0. The standard InChI is InChI=1S/C16H13FN2O2S2/c1-10(11-2-4-12(17)5-3-11)21-14(20)8-23-16-13-6-7-22-15(13)18-9-19-16/h2-7,9-10H,8H2,1H3/t10-/m0/s1. The number of nitrogens with zero attached hydrogens (tertiary/aromatic N) is 2. The van der Waals surface area contributed by atoms with Crippen LogP contribution in [0.2, 0.25) is 0 Å². The van der Waals surface area contributed by atoms with Crippen molar-refractivity contribution in [2.75, 3.05) is 5.75 Å². The second-order valence-electron chi connectivity index (χ2n) is 4.79. The highest BCUT2D eigenvalue weighted by molar-refractivity contribution is 8.00. The molecule has 4 nitrogen and oxygen atoms in total. The molecule has 0 radical (unpaired) electrons. The van der Waals surface area contributed by atoms with E-state index in [9.17, 15) is 9.18 Å². The number of thioether (sulfide) groups is 1. The van der Waals surface area contributed by atoms with Crippen molar-refractivity contribution in [1.29, 1.82) is 0 Å². The van der Waals surface area contributed by atoms with E-state index < -0.39 is 6.10 Å². The van der Waals surface area contributed by atoms with Crippen molar-refractivity contribution >= 4 is 39.3 Å². The van der Waals surface area contributed by atoms with Gasteiger partial charge in [0, 0.05) is 5.39 Å². The van der Waals surface area contributed by atoms with Gasteiger partial charge in [0.25, 0.3) is 0 Å². The fourth-order valence-electron chi connectivity index (χ4n) is 2.04. The monoisotopic (exact) mass is 348 g/mol. The Hall–Kier alpha value is -1.99. The third-order valence-electron chi connectivity index (χ3n) is 3.20. The summed E-state index contributed by atoms with van der Waals surface area (Å²) < 4.78 is 18.3. The minimum Gasteiger partial charge on any atom is -0.457 e. The molecule has 0 saturated carbocycles. The Morgan fingerprint density at radius 3 is 2.87 bits per heavy atom. The van der Waals surface area contributed by atoms with Gasteiger partial charge in [0.1, 0.15) is 28.1 Å². The minimum absolute atomic E-state index is 0.160. The highest BCUT2D eigenvalue weighted by atomic mass is 32.2. The van der Waals surface area contributed by atoms with Crippen molar-refractivity contribution in [1.82, 2.24) is 9.97 Å². The molecule has 118 valence electrons. The fraction of sp³-hybridized carbons (Fsp3) is 0.188. The highest BCUT2D eigenvalue weighted by Crippen LogP contribution is 2.28. The molecule has 0 unspecified atom stereocenters. The lowest BCUT2D eigenvalue weighted by molar-refractivity contribution is -0.145. The SMILES string of the molecule is C[C@H](OC(=O)CSc1ncnc2sccc12)c1ccc(F)cc1. The number of carbonyl (C=O) groups is 1. The maximum Gasteiger partial charge on any atom is 0.316 e. The van der Waals surface area contributed by atoms with Crippen LogP contribution in [0.5, 0.6) is 0 Å². The molecular formula is C16H13FN2O2S2. The molecule has 2 heterocycles. The molecule has 0 fully saturated rings. The predicted octanol–water partition coefficient (Wildman–Crippen LogP) is 4.23. The van der Waals surface area contributed by atoms with Gasteiger partial charge >= 0.3 is 5.97 Å². The van der Waals surface area contributed by atoms with E-state index in [1.807, 2.05) is 11.4 Å². The molecule has 3 rings (SSSR count). The van der Waals surface area contributed by atoms with Gasteiger partial charge in [-0.15, -0.1) is 11.3 Å². The van der Waals surface area contributed by atoms with Gasteiger partial charge in [-0.1, -0.05) is 23.9 Å². The Morgan fingerprint density at radius 1 is 1.30 bits per heavy atom. The van der Waals surface area contributed by atoms with Gasteiger partial charge < -0.3 is 4.74 Å². The maximum atomic E-state index is 12.9. The largest absolute Gasteiger partial charge is 0.457 e. The van der Waals surface area contributed by atoms with Crippen LogP contribution in [0.25, 0.3) is 10.2 Å². The molecule has 0 N–H and O–H groups in total. The lowest BCUT2D eigenvalue weighted by Crippen LogP contribution is -2.11. The number of rotatable bonds is 5. The van der Waals surface area contributed by atoms with E-state index in [4.69, 9.17) is 4.74 Å². The first-order chi connectivity index (χ1) is 11.1. The lowest BCUT2D eigenvalue weighted by atomic mass is 10.1. The van der Waals surface area contributed by atoms with Crippen LogP contribution < -0.4 is 0 Å². The van der Waals surface area contributed by atoms with Crippen molar-refractivity contribution < 1.29 is 13.9 Å². The van der Waals surface area contributed by atoms with Crippen LogP contribution in [0, 0.1) is 5.82 Å². The number of carbonyl (C=O) groups excluding carboxylic acids is 1.